The van der Waals surface area contributed by atoms with Gasteiger partial charge in [-0.05, 0) is 36.8 Å². The minimum absolute atomic E-state index is 0.0394. The number of aryl methyl sites for hydroxylation is 1. The fourth-order valence-corrected chi connectivity index (χ4v) is 2.03. The second-order valence-electron chi connectivity index (χ2n) is 4.42. The smallest absolute Gasteiger partial charge is 0.371 e. The molecule has 19 heavy (non-hydrogen) atoms. The van der Waals surface area contributed by atoms with Gasteiger partial charge in [0.15, 0.2) is 0 Å². The molecule has 0 aliphatic rings. The summed E-state index contributed by atoms with van der Waals surface area (Å²) in [7, 11) is 0. The summed E-state index contributed by atoms with van der Waals surface area (Å²) in [6.07, 6.45) is 1.76. The van der Waals surface area contributed by atoms with E-state index in [1.54, 1.807) is 12.3 Å². The van der Waals surface area contributed by atoms with Crippen LogP contribution in [0.2, 0.25) is 0 Å². The number of aromatic nitrogens is 2. The highest BCUT2D eigenvalue weighted by molar-refractivity contribution is 5.91. The van der Waals surface area contributed by atoms with Crippen LogP contribution in [0.25, 0.3) is 11.0 Å². The number of nitrogens with zero attached hydrogens (tertiary/aromatic N) is 2. The van der Waals surface area contributed by atoms with Crippen molar-refractivity contribution in [3.05, 3.63) is 53.5 Å². The highest BCUT2D eigenvalue weighted by Crippen LogP contribution is 2.21. The molecule has 0 unspecified atom stereocenters. The van der Waals surface area contributed by atoms with E-state index in [-0.39, 0.29) is 5.76 Å². The molecule has 0 saturated carbocycles. The predicted molar refractivity (Wildman–Crippen MR) is 69.2 cm³/mol. The van der Waals surface area contributed by atoms with Crippen molar-refractivity contribution in [2.75, 3.05) is 0 Å². The molecule has 0 atom stereocenters. The molecule has 0 saturated heterocycles. The van der Waals surface area contributed by atoms with Crippen molar-refractivity contribution in [1.29, 1.82) is 0 Å². The van der Waals surface area contributed by atoms with Crippen molar-refractivity contribution in [3.8, 4) is 0 Å². The highest BCUT2D eigenvalue weighted by Gasteiger charge is 2.10. The summed E-state index contributed by atoms with van der Waals surface area (Å²) in [5, 5.41) is 13.9. The summed E-state index contributed by atoms with van der Waals surface area (Å²) >= 11 is 0. The lowest BCUT2D eigenvalue weighted by molar-refractivity contribution is 0.0665. The predicted octanol–water partition coefficient (Wildman–Crippen LogP) is 2.68. The van der Waals surface area contributed by atoms with Gasteiger partial charge in [-0.2, -0.15) is 5.10 Å². The van der Waals surface area contributed by atoms with Gasteiger partial charge in [0, 0.05) is 17.3 Å². The molecule has 1 N–H and O–H groups in total. The zero-order chi connectivity index (χ0) is 13.4. The molecule has 0 aliphatic heterocycles. The second-order valence-corrected chi connectivity index (χ2v) is 4.42. The number of furan rings is 1. The molecule has 5 heteroatoms. The van der Waals surface area contributed by atoms with Gasteiger partial charge in [-0.3, -0.25) is 4.68 Å². The maximum atomic E-state index is 10.8. The van der Waals surface area contributed by atoms with Crippen LogP contribution in [0.1, 0.15) is 21.8 Å². The molecule has 0 bridgehead atoms. The summed E-state index contributed by atoms with van der Waals surface area (Å²) in [4.78, 5) is 10.8. The van der Waals surface area contributed by atoms with Crippen LogP contribution in [0.4, 0.5) is 0 Å². The number of hydrogen-bond donors (Lipinski definition) is 1. The van der Waals surface area contributed by atoms with Crippen LogP contribution in [0.15, 0.2) is 40.9 Å². The SMILES string of the molecule is Cc1ccnn1Cc1ccc2oc(C(=O)O)cc2c1. The quantitative estimate of drug-likeness (QED) is 0.782. The first-order valence-electron chi connectivity index (χ1n) is 5.87. The van der Waals surface area contributed by atoms with E-state index in [1.165, 1.54) is 6.07 Å². The summed E-state index contributed by atoms with van der Waals surface area (Å²) in [5.74, 6) is -1.09. The Morgan fingerprint density at radius 2 is 2.21 bits per heavy atom. The highest BCUT2D eigenvalue weighted by atomic mass is 16.4. The first-order valence-corrected chi connectivity index (χ1v) is 5.87. The van der Waals surface area contributed by atoms with Crippen LogP contribution in [0.5, 0.6) is 0 Å². The average Bonchev–Trinajstić information content (AvgIpc) is 2.96. The van der Waals surface area contributed by atoms with Crippen LogP contribution >= 0.6 is 0 Å². The Morgan fingerprint density at radius 3 is 2.89 bits per heavy atom. The zero-order valence-electron chi connectivity index (χ0n) is 10.3. The number of carbonyl (C=O) groups is 1. The van der Waals surface area contributed by atoms with Crippen LogP contribution in [0.3, 0.4) is 0 Å². The van der Waals surface area contributed by atoms with Gasteiger partial charge in [0.25, 0.3) is 0 Å². The summed E-state index contributed by atoms with van der Waals surface area (Å²) in [6.45, 7) is 2.65. The molecule has 3 aromatic rings. The van der Waals surface area contributed by atoms with Crippen LogP contribution in [0, 0.1) is 6.92 Å². The number of fused-ring (bicyclic) bond motifs is 1. The Morgan fingerprint density at radius 1 is 1.37 bits per heavy atom. The van der Waals surface area contributed by atoms with Gasteiger partial charge in [0.2, 0.25) is 5.76 Å². The van der Waals surface area contributed by atoms with Gasteiger partial charge in [-0.25, -0.2) is 4.79 Å². The van der Waals surface area contributed by atoms with E-state index in [1.807, 2.05) is 29.8 Å². The van der Waals surface area contributed by atoms with E-state index in [0.717, 1.165) is 16.6 Å². The monoisotopic (exact) mass is 256 g/mol. The van der Waals surface area contributed by atoms with Crippen molar-refractivity contribution < 1.29 is 14.3 Å². The molecule has 5 nitrogen and oxygen atoms in total. The third-order valence-electron chi connectivity index (χ3n) is 3.05. The summed E-state index contributed by atoms with van der Waals surface area (Å²) in [6, 6.07) is 9.11. The number of carboxylic acids is 1. The molecular formula is C14H12N2O3. The maximum absolute atomic E-state index is 10.8. The molecule has 96 valence electrons. The fourth-order valence-electron chi connectivity index (χ4n) is 2.03. The Labute approximate surface area is 109 Å². The number of benzene rings is 1. The van der Waals surface area contributed by atoms with Crippen molar-refractivity contribution in [1.82, 2.24) is 9.78 Å². The van der Waals surface area contributed by atoms with Gasteiger partial charge in [-0.1, -0.05) is 6.07 Å². The Balaban J connectivity index is 1.97. The third kappa shape index (κ3) is 2.10. The van der Waals surface area contributed by atoms with Gasteiger partial charge in [0.05, 0.1) is 6.54 Å². The van der Waals surface area contributed by atoms with Gasteiger partial charge < -0.3 is 9.52 Å². The van der Waals surface area contributed by atoms with E-state index < -0.39 is 5.97 Å². The van der Waals surface area contributed by atoms with Gasteiger partial charge in [-0.15, -0.1) is 0 Å². The Bertz CT molecular complexity index is 755. The summed E-state index contributed by atoms with van der Waals surface area (Å²) < 4.78 is 7.11. The Kier molecular flexibility index (Phi) is 2.59. The fraction of sp³-hybridized carbons (Fsp3) is 0.143. The largest absolute Gasteiger partial charge is 0.475 e. The molecule has 0 fully saturated rings. The van der Waals surface area contributed by atoms with Gasteiger partial charge in [0.1, 0.15) is 5.58 Å². The molecule has 0 spiro atoms. The van der Waals surface area contributed by atoms with Crippen molar-refractivity contribution in [3.63, 3.8) is 0 Å². The lowest BCUT2D eigenvalue weighted by Gasteiger charge is -2.04. The van der Waals surface area contributed by atoms with E-state index in [0.29, 0.717) is 12.1 Å². The molecule has 0 aliphatic carbocycles. The second kappa shape index (κ2) is 4.28. The van der Waals surface area contributed by atoms with E-state index in [9.17, 15) is 4.79 Å². The first-order chi connectivity index (χ1) is 9.13. The van der Waals surface area contributed by atoms with E-state index >= 15 is 0 Å². The van der Waals surface area contributed by atoms with Crippen LogP contribution < -0.4 is 0 Å². The number of carboxylic acid groups (broad SMARTS) is 1. The molecule has 1 aromatic carbocycles. The molecule has 3 rings (SSSR count). The Hall–Kier alpha value is -2.56. The lowest BCUT2D eigenvalue weighted by Crippen LogP contribution is -2.03. The molecular weight excluding hydrogens is 244 g/mol. The molecule has 0 radical (unpaired) electrons. The molecule has 2 aromatic heterocycles. The molecule has 0 amide bonds. The average molecular weight is 256 g/mol. The normalized spacial score (nSPS) is 11.0. The van der Waals surface area contributed by atoms with Gasteiger partial charge >= 0.3 is 5.97 Å². The minimum Gasteiger partial charge on any atom is -0.475 e. The van der Waals surface area contributed by atoms with Crippen molar-refractivity contribution in [2.45, 2.75) is 13.5 Å². The number of rotatable bonds is 3. The molecule has 2 heterocycles. The number of aromatic carboxylic acids is 1. The first kappa shape index (κ1) is 11.5. The van der Waals surface area contributed by atoms with Crippen molar-refractivity contribution >= 4 is 16.9 Å². The van der Waals surface area contributed by atoms with E-state index in [2.05, 4.69) is 5.10 Å². The number of hydrogen-bond acceptors (Lipinski definition) is 3. The lowest BCUT2D eigenvalue weighted by atomic mass is 10.1. The standard InChI is InChI=1S/C14H12N2O3/c1-9-4-5-15-16(9)8-10-2-3-12-11(6-10)7-13(19-12)14(17)18/h2-7H,8H2,1H3,(H,17,18). The van der Waals surface area contributed by atoms with E-state index in [4.69, 9.17) is 9.52 Å². The zero-order valence-corrected chi connectivity index (χ0v) is 10.3. The van der Waals surface area contributed by atoms with Crippen LogP contribution in [-0.2, 0) is 6.54 Å². The maximum Gasteiger partial charge on any atom is 0.371 e. The topological polar surface area (TPSA) is 68.3 Å². The minimum atomic E-state index is -1.05. The third-order valence-corrected chi connectivity index (χ3v) is 3.05. The van der Waals surface area contributed by atoms with Crippen molar-refractivity contribution in [2.24, 2.45) is 0 Å². The summed E-state index contributed by atoms with van der Waals surface area (Å²) in [5.41, 5.74) is 2.72. The van der Waals surface area contributed by atoms with Crippen LogP contribution in [-0.4, -0.2) is 20.9 Å².